The maximum atomic E-state index is 12.7. The molecule has 23 heavy (non-hydrogen) atoms. The molecular weight excluding hydrogens is 400 g/mol. The molecule has 0 saturated carbocycles. The normalized spacial score (nSPS) is 11.6. The minimum atomic E-state index is -3.71. The van der Waals surface area contributed by atoms with Gasteiger partial charge in [-0.3, -0.25) is 4.72 Å². The molecule has 3 aromatic rings. The lowest BCUT2D eigenvalue weighted by Crippen LogP contribution is -2.16. The summed E-state index contributed by atoms with van der Waals surface area (Å²) < 4.78 is 30.2. The van der Waals surface area contributed by atoms with Crippen LogP contribution in [-0.4, -0.2) is 23.2 Å². The molecule has 0 spiro atoms. The number of rotatable bonds is 4. The number of halogens is 1. The molecule has 3 rings (SSSR count). The zero-order chi connectivity index (χ0) is 16.6. The van der Waals surface area contributed by atoms with Gasteiger partial charge in [0.25, 0.3) is 10.0 Å². The summed E-state index contributed by atoms with van der Waals surface area (Å²) in [7, 11) is -3.71. The fourth-order valence-electron chi connectivity index (χ4n) is 2.32. The molecule has 0 aliphatic rings. The third kappa shape index (κ3) is 3.31. The number of thiazole rings is 1. The largest absolute Gasteiger partial charge is 0.263 e. The van der Waals surface area contributed by atoms with Crippen molar-refractivity contribution in [3.63, 3.8) is 0 Å². The molecule has 0 saturated heterocycles. The standard InChI is InChI=1S/C14H13BrN4O2S2/c1-9-7-11(15)8-10(2)13(9)23(20,21)18-12-3-5-19(17-12)14-16-4-6-22-14/h3-8H,1-2H3,(H,17,18). The van der Waals surface area contributed by atoms with Crippen LogP contribution in [0.15, 0.2) is 45.3 Å². The molecule has 0 amide bonds. The lowest BCUT2D eigenvalue weighted by Gasteiger charge is -2.12. The van der Waals surface area contributed by atoms with Gasteiger partial charge in [0.15, 0.2) is 5.82 Å². The van der Waals surface area contributed by atoms with Crippen LogP contribution in [-0.2, 0) is 10.0 Å². The minimum Gasteiger partial charge on any atom is -0.262 e. The first-order chi connectivity index (χ1) is 10.9. The number of anilines is 1. The molecule has 0 aliphatic heterocycles. The van der Waals surface area contributed by atoms with Gasteiger partial charge in [-0.1, -0.05) is 15.9 Å². The van der Waals surface area contributed by atoms with Gasteiger partial charge in [0, 0.05) is 28.3 Å². The number of benzene rings is 1. The van der Waals surface area contributed by atoms with Gasteiger partial charge in [-0.2, -0.15) is 0 Å². The van der Waals surface area contributed by atoms with Crippen LogP contribution in [0, 0.1) is 13.8 Å². The van der Waals surface area contributed by atoms with Crippen LogP contribution in [0.3, 0.4) is 0 Å². The number of aryl methyl sites for hydroxylation is 2. The minimum absolute atomic E-state index is 0.252. The summed E-state index contributed by atoms with van der Waals surface area (Å²) in [5.74, 6) is 0.252. The van der Waals surface area contributed by atoms with E-state index in [-0.39, 0.29) is 10.7 Å². The van der Waals surface area contributed by atoms with E-state index in [4.69, 9.17) is 0 Å². The monoisotopic (exact) mass is 412 g/mol. The van der Waals surface area contributed by atoms with Crippen LogP contribution in [0.25, 0.3) is 5.13 Å². The van der Waals surface area contributed by atoms with E-state index in [1.165, 1.54) is 16.0 Å². The van der Waals surface area contributed by atoms with Crippen molar-refractivity contribution in [2.24, 2.45) is 0 Å². The Morgan fingerprint density at radius 3 is 2.57 bits per heavy atom. The van der Waals surface area contributed by atoms with Gasteiger partial charge in [0.1, 0.15) is 0 Å². The SMILES string of the molecule is Cc1cc(Br)cc(C)c1S(=O)(=O)Nc1ccn(-c2nccs2)n1. The highest BCUT2D eigenvalue weighted by atomic mass is 79.9. The zero-order valence-corrected chi connectivity index (χ0v) is 15.5. The predicted molar refractivity (Wildman–Crippen MR) is 93.7 cm³/mol. The first-order valence-electron chi connectivity index (χ1n) is 6.62. The van der Waals surface area contributed by atoms with Crippen molar-refractivity contribution < 1.29 is 8.42 Å². The number of nitrogens with one attached hydrogen (secondary N) is 1. The number of sulfonamides is 1. The van der Waals surface area contributed by atoms with Gasteiger partial charge < -0.3 is 0 Å². The van der Waals surface area contributed by atoms with Crippen molar-refractivity contribution in [2.75, 3.05) is 4.72 Å². The number of aromatic nitrogens is 3. The van der Waals surface area contributed by atoms with E-state index >= 15 is 0 Å². The molecule has 2 heterocycles. The molecule has 0 bridgehead atoms. The Hall–Kier alpha value is -1.71. The molecule has 1 N–H and O–H groups in total. The maximum Gasteiger partial charge on any atom is 0.263 e. The molecule has 0 aliphatic carbocycles. The summed E-state index contributed by atoms with van der Waals surface area (Å²) in [6.07, 6.45) is 3.33. The van der Waals surface area contributed by atoms with E-state index in [1.54, 1.807) is 44.4 Å². The Balaban J connectivity index is 1.93. The molecule has 9 heteroatoms. The quantitative estimate of drug-likeness (QED) is 0.710. The van der Waals surface area contributed by atoms with Crippen molar-refractivity contribution in [3.05, 3.63) is 51.6 Å². The predicted octanol–water partition coefficient (Wildman–Crippen LogP) is 3.51. The molecule has 0 unspecified atom stereocenters. The van der Waals surface area contributed by atoms with Crippen LogP contribution in [0.4, 0.5) is 5.82 Å². The summed E-state index contributed by atoms with van der Waals surface area (Å²) in [6.45, 7) is 3.53. The molecule has 0 radical (unpaired) electrons. The summed E-state index contributed by atoms with van der Waals surface area (Å²) in [6, 6.07) is 5.15. The van der Waals surface area contributed by atoms with E-state index in [1.807, 2.05) is 5.38 Å². The van der Waals surface area contributed by atoms with Crippen molar-refractivity contribution in [2.45, 2.75) is 18.7 Å². The van der Waals surface area contributed by atoms with E-state index in [2.05, 4.69) is 30.7 Å². The molecule has 0 fully saturated rings. The third-order valence-corrected chi connectivity index (χ3v) is 6.02. The van der Waals surface area contributed by atoms with Gasteiger partial charge in [0.05, 0.1) is 4.90 Å². The van der Waals surface area contributed by atoms with Gasteiger partial charge in [-0.15, -0.1) is 16.4 Å². The molecule has 0 atom stereocenters. The first kappa shape index (κ1) is 16.2. The van der Waals surface area contributed by atoms with Crippen molar-refractivity contribution >= 4 is 43.1 Å². The lowest BCUT2D eigenvalue weighted by atomic mass is 10.2. The summed E-state index contributed by atoms with van der Waals surface area (Å²) >= 11 is 4.79. The lowest BCUT2D eigenvalue weighted by molar-refractivity contribution is 0.599. The van der Waals surface area contributed by atoms with Crippen LogP contribution >= 0.6 is 27.3 Å². The highest BCUT2D eigenvalue weighted by Crippen LogP contribution is 2.26. The Kier molecular flexibility index (Phi) is 4.26. The molecule has 120 valence electrons. The Labute approximate surface area is 146 Å². The van der Waals surface area contributed by atoms with Crippen molar-refractivity contribution in [1.82, 2.24) is 14.8 Å². The second kappa shape index (κ2) is 6.06. The van der Waals surface area contributed by atoms with Crippen LogP contribution < -0.4 is 4.72 Å². The number of hydrogen-bond acceptors (Lipinski definition) is 5. The van der Waals surface area contributed by atoms with E-state index in [9.17, 15) is 8.42 Å². The second-order valence-corrected chi connectivity index (χ2v) is 8.34. The Morgan fingerprint density at radius 2 is 1.96 bits per heavy atom. The number of hydrogen-bond donors (Lipinski definition) is 1. The van der Waals surface area contributed by atoms with Gasteiger partial charge in [-0.25, -0.2) is 18.1 Å². The molecule has 6 nitrogen and oxygen atoms in total. The highest BCUT2D eigenvalue weighted by Gasteiger charge is 2.21. The van der Waals surface area contributed by atoms with E-state index < -0.39 is 10.0 Å². The second-order valence-electron chi connectivity index (χ2n) is 4.93. The van der Waals surface area contributed by atoms with Crippen LogP contribution in [0.1, 0.15) is 11.1 Å². The highest BCUT2D eigenvalue weighted by molar-refractivity contribution is 9.10. The topological polar surface area (TPSA) is 76.9 Å². The molecule has 2 aromatic heterocycles. The number of nitrogens with zero attached hydrogens (tertiary/aromatic N) is 3. The van der Waals surface area contributed by atoms with Crippen molar-refractivity contribution in [1.29, 1.82) is 0 Å². The van der Waals surface area contributed by atoms with Crippen LogP contribution in [0.5, 0.6) is 0 Å². The van der Waals surface area contributed by atoms with Crippen LogP contribution in [0.2, 0.25) is 0 Å². The fourth-order valence-corrected chi connectivity index (χ4v) is 5.04. The van der Waals surface area contributed by atoms with Gasteiger partial charge >= 0.3 is 0 Å². The zero-order valence-electron chi connectivity index (χ0n) is 12.3. The average molecular weight is 413 g/mol. The Bertz CT molecular complexity index is 926. The summed E-state index contributed by atoms with van der Waals surface area (Å²) in [5.41, 5.74) is 1.34. The van der Waals surface area contributed by atoms with Crippen molar-refractivity contribution in [3.8, 4) is 5.13 Å². The fraction of sp³-hybridized carbons (Fsp3) is 0.143. The van der Waals surface area contributed by atoms with E-state index in [0.717, 1.165) is 4.47 Å². The summed E-state index contributed by atoms with van der Waals surface area (Å²) in [4.78, 5) is 4.40. The first-order valence-corrected chi connectivity index (χ1v) is 9.77. The van der Waals surface area contributed by atoms with Gasteiger partial charge in [0.2, 0.25) is 5.13 Å². The third-order valence-electron chi connectivity index (χ3n) is 3.14. The maximum absolute atomic E-state index is 12.7. The average Bonchev–Trinajstić information content (AvgIpc) is 3.06. The smallest absolute Gasteiger partial charge is 0.262 e. The van der Waals surface area contributed by atoms with Gasteiger partial charge in [-0.05, 0) is 37.1 Å². The van der Waals surface area contributed by atoms with E-state index in [0.29, 0.717) is 16.3 Å². The molecular formula is C14H13BrN4O2S2. The summed E-state index contributed by atoms with van der Waals surface area (Å²) in [5, 5.41) is 6.71. The molecule has 1 aromatic carbocycles. The Morgan fingerprint density at radius 1 is 1.26 bits per heavy atom.